The van der Waals surface area contributed by atoms with Crippen molar-refractivity contribution in [3.63, 3.8) is 0 Å². The summed E-state index contributed by atoms with van der Waals surface area (Å²) in [6.45, 7) is 1.84. The average molecular weight is 362 g/mol. The molecule has 5 heteroatoms. The molecule has 1 aromatic carbocycles. The lowest BCUT2D eigenvalue weighted by atomic mass is 9.48. The Morgan fingerprint density at radius 2 is 1.52 bits per heavy atom. The van der Waals surface area contributed by atoms with Crippen molar-refractivity contribution >= 4 is 15.6 Å². The molecule has 4 aliphatic rings. The molecule has 0 aromatic heterocycles. The molecule has 0 spiro atoms. The maximum absolute atomic E-state index is 13.2. The van der Waals surface area contributed by atoms with Gasteiger partial charge in [-0.3, -0.25) is 4.79 Å². The predicted molar refractivity (Wildman–Crippen MR) is 95.3 cm³/mol. The van der Waals surface area contributed by atoms with E-state index in [4.69, 9.17) is 4.74 Å². The minimum atomic E-state index is -3.22. The third kappa shape index (κ3) is 3.12. The largest absolute Gasteiger partial charge is 0.483 e. The van der Waals surface area contributed by atoms with Gasteiger partial charge in [0, 0.05) is 11.7 Å². The first-order valence-corrected chi connectivity index (χ1v) is 11.2. The van der Waals surface area contributed by atoms with Gasteiger partial charge in [0.25, 0.3) is 0 Å². The summed E-state index contributed by atoms with van der Waals surface area (Å²) in [7, 11) is -3.22. The number of benzene rings is 1. The molecular formula is C20H26O4S. The molecule has 0 aliphatic heterocycles. The molecule has 136 valence electrons. The Balaban J connectivity index is 1.48. The number of ether oxygens (including phenoxy) is 1. The summed E-state index contributed by atoms with van der Waals surface area (Å²) in [4.78, 5) is 13.5. The van der Waals surface area contributed by atoms with Crippen LogP contribution in [0.4, 0.5) is 0 Å². The molecule has 0 radical (unpaired) electrons. The highest BCUT2D eigenvalue weighted by Gasteiger charge is 2.55. The summed E-state index contributed by atoms with van der Waals surface area (Å²) in [5.74, 6) is 3.00. The van der Waals surface area contributed by atoms with Crippen molar-refractivity contribution < 1.29 is 17.9 Å². The van der Waals surface area contributed by atoms with Gasteiger partial charge in [0.15, 0.2) is 21.7 Å². The summed E-state index contributed by atoms with van der Waals surface area (Å²) in [6, 6.07) is 6.35. The van der Waals surface area contributed by atoms with Crippen LogP contribution in [-0.2, 0) is 14.6 Å². The number of carbonyl (C=O) groups is 1. The van der Waals surface area contributed by atoms with Crippen molar-refractivity contribution in [2.75, 3.05) is 6.26 Å². The number of hydrogen-bond acceptors (Lipinski definition) is 4. The number of rotatable bonds is 5. The molecule has 4 saturated carbocycles. The lowest BCUT2D eigenvalue weighted by Gasteiger charge is -2.56. The highest BCUT2D eigenvalue weighted by atomic mass is 32.2. The highest BCUT2D eigenvalue weighted by Crippen LogP contribution is 2.60. The standard InChI is InChI=1S/C20H26O4S/c1-13(24-17-3-5-18(6-4-17)25(2,22)23)19(21)20-10-14-7-15(11-20)9-16(8-14)12-20/h3-6,13-16H,7-12H2,1-2H3. The topological polar surface area (TPSA) is 60.4 Å². The summed E-state index contributed by atoms with van der Waals surface area (Å²) >= 11 is 0. The van der Waals surface area contributed by atoms with Gasteiger partial charge in [0.05, 0.1) is 4.90 Å². The van der Waals surface area contributed by atoms with Gasteiger partial charge in [-0.15, -0.1) is 0 Å². The molecule has 4 aliphatic carbocycles. The van der Waals surface area contributed by atoms with Crippen molar-refractivity contribution in [3.05, 3.63) is 24.3 Å². The third-order valence-electron chi connectivity index (χ3n) is 6.49. The van der Waals surface area contributed by atoms with E-state index in [-0.39, 0.29) is 16.1 Å². The van der Waals surface area contributed by atoms with Crippen LogP contribution >= 0.6 is 0 Å². The summed E-state index contributed by atoms with van der Waals surface area (Å²) in [5, 5.41) is 0. The van der Waals surface area contributed by atoms with Gasteiger partial charge in [-0.05, 0) is 87.5 Å². The van der Waals surface area contributed by atoms with Crippen LogP contribution in [0.1, 0.15) is 45.4 Å². The van der Waals surface area contributed by atoms with Crippen molar-refractivity contribution in [1.29, 1.82) is 0 Å². The van der Waals surface area contributed by atoms with Gasteiger partial charge >= 0.3 is 0 Å². The zero-order valence-corrected chi connectivity index (χ0v) is 15.7. The van der Waals surface area contributed by atoms with Crippen LogP contribution in [0.3, 0.4) is 0 Å². The molecule has 0 heterocycles. The first-order chi connectivity index (χ1) is 11.7. The van der Waals surface area contributed by atoms with Crippen LogP contribution in [0.15, 0.2) is 29.2 Å². The zero-order chi connectivity index (χ0) is 17.8. The van der Waals surface area contributed by atoms with E-state index in [1.807, 2.05) is 6.92 Å². The van der Waals surface area contributed by atoms with Gasteiger partial charge in [0.1, 0.15) is 5.75 Å². The van der Waals surface area contributed by atoms with Crippen molar-refractivity contribution in [2.45, 2.75) is 56.4 Å². The fourth-order valence-corrected chi connectivity index (χ4v) is 6.50. The SMILES string of the molecule is CC(Oc1ccc(S(C)(=O)=O)cc1)C(=O)C12CC3CC(CC(C3)C1)C2. The van der Waals surface area contributed by atoms with Gasteiger partial charge < -0.3 is 4.74 Å². The Kier molecular flexibility index (Phi) is 3.98. The summed E-state index contributed by atoms with van der Waals surface area (Å²) < 4.78 is 29.0. The fraction of sp³-hybridized carbons (Fsp3) is 0.650. The monoisotopic (exact) mass is 362 g/mol. The molecule has 4 bridgehead atoms. The second-order valence-electron chi connectivity index (χ2n) is 8.57. The number of Topliss-reactive ketones (excluding diaryl/α,β-unsaturated/α-hetero) is 1. The first kappa shape index (κ1) is 17.1. The minimum Gasteiger partial charge on any atom is -0.483 e. The van der Waals surface area contributed by atoms with Crippen LogP contribution in [0.25, 0.3) is 0 Å². The van der Waals surface area contributed by atoms with E-state index in [1.54, 1.807) is 12.1 Å². The van der Waals surface area contributed by atoms with E-state index < -0.39 is 15.9 Å². The predicted octanol–water partition coefficient (Wildman–Crippen LogP) is 3.64. The van der Waals surface area contributed by atoms with Crippen molar-refractivity contribution in [1.82, 2.24) is 0 Å². The van der Waals surface area contributed by atoms with Crippen LogP contribution in [0.2, 0.25) is 0 Å². The molecule has 5 rings (SSSR count). The number of hydrogen-bond donors (Lipinski definition) is 0. The molecule has 1 aromatic rings. The van der Waals surface area contributed by atoms with E-state index in [2.05, 4.69) is 0 Å². The molecule has 1 atom stereocenters. The Bertz CT molecular complexity index is 743. The van der Waals surface area contributed by atoms with Crippen molar-refractivity contribution in [2.24, 2.45) is 23.2 Å². The van der Waals surface area contributed by atoms with Gasteiger partial charge in [-0.25, -0.2) is 8.42 Å². The minimum absolute atomic E-state index is 0.166. The zero-order valence-electron chi connectivity index (χ0n) is 14.9. The van der Waals surface area contributed by atoms with E-state index in [0.29, 0.717) is 5.75 Å². The fourth-order valence-electron chi connectivity index (χ4n) is 5.87. The molecule has 4 fully saturated rings. The summed E-state index contributed by atoms with van der Waals surface area (Å²) in [5.41, 5.74) is -0.166. The molecule has 4 nitrogen and oxygen atoms in total. The third-order valence-corrected chi connectivity index (χ3v) is 7.62. The Morgan fingerprint density at radius 1 is 1.04 bits per heavy atom. The second kappa shape index (κ2) is 5.83. The van der Waals surface area contributed by atoms with Crippen LogP contribution < -0.4 is 4.74 Å². The maximum atomic E-state index is 13.2. The van der Waals surface area contributed by atoms with Gasteiger partial charge in [-0.1, -0.05) is 0 Å². The molecule has 25 heavy (non-hydrogen) atoms. The number of sulfone groups is 1. The second-order valence-corrected chi connectivity index (χ2v) is 10.6. The lowest BCUT2D eigenvalue weighted by Crippen LogP contribution is -2.53. The van der Waals surface area contributed by atoms with E-state index in [9.17, 15) is 13.2 Å². The van der Waals surface area contributed by atoms with E-state index in [0.717, 1.165) is 37.0 Å². The Morgan fingerprint density at radius 3 is 1.96 bits per heavy atom. The van der Waals surface area contributed by atoms with E-state index in [1.165, 1.54) is 37.7 Å². The molecular weight excluding hydrogens is 336 g/mol. The maximum Gasteiger partial charge on any atom is 0.179 e. The van der Waals surface area contributed by atoms with Gasteiger partial charge in [-0.2, -0.15) is 0 Å². The van der Waals surface area contributed by atoms with Crippen LogP contribution in [-0.4, -0.2) is 26.6 Å². The van der Waals surface area contributed by atoms with E-state index >= 15 is 0 Å². The van der Waals surface area contributed by atoms with Crippen LogP contribution in [0.5, 0.6) is 5.75 Å². The molecule has 0 N–H and O–H groups in total. The Hall–Kier alpha value is -1.36. The molecule has 0 amide bonds. The summed E-state index contributed by atoms with van der Waals surface area (Å²) in [6.07, 6.45) is 7.76. The van der Waals surface area contributed by atoms with Gasteiger partial charge in [0.2, 0.25) is 0 Å². The quantitative estimate of drug-likeness (QED) is 0.802. The number of carbonyl (C=O) groups excluding carboxylic acids is 1. The number of ketones is 1. The first-order valence-electron chi connectivity index (χ1n) is 9.26. The highest BCUT2D eigenvalue weighted by molar-refractivity contribution is 7.90. The molecule has 0 saturated heterocycles. The normalized spacial score (nSPS) is 34.7. The van der Waals surface area contributed by atoms with Crippen molar-refractivity contribution in [3.8, 4) is 5.75 Å². The van der Waals surface area contributed by atoms with Crippen LogP contribution in [0, 0.1) is 23.2 Å². The smallest absolute Gasteiger partial charge is 0.179 e. The Labute approximate surface area is 149 Å². The lowest BCUT2D eigenvalue weighted by molar-refractivity contribution is -0.150. The average Bonchev–Trinajstić information content (AvgIpc) is 2.52. The molecule has 1 unspecified atom stereocenters.